The zero-order valence-corrected chi connectivity index (χ0v) is 11.3. The minimum absolute atomic E-state index is 0.00174. The first-order valence-corrected chi connectivity index (χ1v) is 6.67. The second-order valence-electron chi connectivity index (χ2n) is 5.50. The van der Waals surface area contributed by atoms with E-state index in [9.17, 15) is 9.59 Å². The normalized spacial score (nSPS) is 20.5. The van der Waals surface area contributed by atoms with Crippen LogP contribution in [0.25, 0.3) is 0 Å². The van der Waals surface area contributed by atoms with Crippen LogP contribution in [-0.2, 0) is 9.59 Å². The maximum atomic E-state index is 12.2. The van der Waals surface area contributed by atoms with Crippen molar-refractivity contribution in [1.29, 1.82) is 0 Å². The number of amides is 1. The molecule has 0 aromatic carbocycles. The van der Waals surface area contributed by atoms with Gasteiger partial charge in [-0.25, -0.2) is 0 Å². The number of carboxylic acid groups (broad SMARTS) is 1. The van der Waals surface area contributed by atoms with E-state index in [1.165, 1.54) is 0 Å². The monoisotopic (exact) mass is 256 g/mol. The highest BCUT2D eigenvalue weighted by Gasteiger charge is 2.34. The van der Waals surface area contributed by atoms with Crippen LogP contribution < -0.4 is 5.73 Å². The molecule has 1 atom stereocenters. The number of aliphatic carboxylic acids is 1. The second kappa shape index (κ2) is 6.18. The van der Waals surface area contributed by atoms with Crippen LogP contribution >= 0.6 is 0 Å². The summed E-state index contributed by atoms with van der Waals surface area (Å²) < 4.78 is 0. The summed E-state index contributed by atoms with van der Waals surface area (Å²) in [6, 6.07) is 0. The van der Waals surface area contributed by atoms with Crippen molar-refractivity contribution in [2.24, 2.45) is 11.7 Å². The standard InChI is InChI=1S/C13H24N2O3/c1-3-6-13(2,14)12(18)15-7-4-10(5-8-15)9-11(16)17/h10H,3-9,14H2,1-2H3,(H,16,17). The van der Waals surface area contributed by atoms with E-state index in [1.807, 2.05) is 6.92 Å². The van der Waals surface area contributed by atoms with E-state index in [1.54, 1.807) is 11.8 Å². The summed E-state index contributed by atoms with van der Waals surface area (Å²) in [5, 5.41) is 8.74. The van der Waals surface area contributed by atoms with Crippen molar-refractivity contribution in [1.82, 2.24) is 4.90 Å². The molecule has 0 aromatic rings. The molecule has 1 aliphatic heterocycles. The predicted octanol–water partition coefficient (Wildman–Crippen LogP) is 1.22. The molecule has 3 N–H and O–H groups in total. The lowest BCUT2D eigenvalue weighted by molar-refractivity contribution is -0.140. The van der Waals surface area contributed by atoms with Crippen LogP contribution in [0.2, 0.25) is 0 Å². The van der Waals surface area contributed by atoms with E-state index in [0.717, 1.165) is 19.3 Å². The van der Waals surface area contributed by atoms with Gasteiger partial charge in [0.2, 0.25) is 5.91 Å². The zero-order chi connectivity index (χ0) is 13.8. The molecule has 104 valence electrons. The van der Waals surface area contributed by atoms with Gasteiger partial charge in [-0.1, -0.05) is 13.3 Å². The third-order valence-corrected chi connectivity index (χ3v) is 3.62. The van der Waals surface area contributed by atoms with Crippen LogP contribution in [0.3, 0.4) is 0 Å². The Kier molecular flexibility index (Phi) is 5.14. The van der Waals surface area contributed by atoms with Crippen LogP contribution in [-0.4, -0.2) is 40.5 Å². The van der Waals surface area contributed by atoms with Crippen LogP contribution in [0.5, 0.6) is 0 Å². The van der Waals surface area contributed by atoms with E-state index in [-0.39, 0.29) is 18.2 Å². The van der Waals surface area contributed by atoms with E-state index >= 15 is 0 Å². The summed E-state index contributed by atoms with van der Waals surface area (Å²) in [7, 11) is 0. The van der Waals surface area contributed by atoms with Gasteiger partial charge in [-0.3, -0.25) is 9.59 Å². The van der Waals surface area contributed by atoms with Crippen molar-refractivity contribution < 1.29 is 14.7 Å². The Hall–Kier alpha value is -1.10. The summed E-state index contributed by atoms with van der Waals surface area (Å²) in [6.07, 6.45) is 3.30. The molecule has 1 rings (SSSR count). The molecule has 0 aromatic heterocycles. The SMILES string of the molecule is CCCC(C)(N)C(=O)N1CCC(CC(=O)O)CC1. The van der Waals surface area contributed by atoms with E-state index < -0.39 is 11.5 Å². The Morgan fingerprint density at radius 2 is 1.94 bits per heavy atom. The van der Waals surface area contributed by atoms with Gasteiger partial charge in [0.25, 0.3) is 0 Å². The Balaban J connectivity index is 2.47. The minimum atomic E-state index is -0.783. The number of rotatable bonds is 5. The molecular weight excluding hydrogens is 232 g/mol. The lowest BCUT2D eigenvalue weighted by atomic mass is 9.90. The van der Waals surface area contributed by atoms with Gasteiger partial charge in [-0.15, -0.1) is 0 Å². The average Bonchev–Trinajstić information content (AvgIpc) is 2.28. The third kappa shape index (κ3) is 3.98. The van der Waals surface area contributed by atoms with Crippen molar-refractivity contribution in [3.8, 4) is 0 Å². The van der Waals surface area contributed by atoms with Crippen molar-refractivity contribution in [3.05, 3.63) is 0 Å². The molecule has 0 radical (unpaired) electrons. The number of nitrogens with two attached hydrogens (primary N) is 1. The first kappa shape index (κ1) is 15.0. The topological polar surface area (TPSA) is 83.6 Å². The number of hydrogen-bond acceptors (Lipinski definition) is 3. The van der Waals surface area contributed by atoms with Gasteiger partial charge in [0, 0.05) is 19.5 Å². The largest absolute Gasteiger partial charge is 0.481 e. The number of likely N-dealkylation sites (tertiary alicyclic amines) is 1. The lowest BCUT2D eigenvalue weighted by Gasteiger charge is -2.36. The summed E-state index contributed by atoms with van der Waals surface area (Å²) in [5.74, 6) is -0.561. The average molecular weight is 256 g/mol. The Morgan fingerprint density at radius 3 is 2.39 bits per heavy atom. The number of hydrogen-bond donors (Lipinski definition) is 2. The Labute approximate surface area is 108 Å². The van der Waals surface area contributed by atoms with Crippen LogP contribution in [0.1, 0.15) is 46.0 Å². The van der Waals surface area contributed by atoms with E-state index in [4.69, 9.17) is 10.8 Å². The first-order valence-electron chi connectivity index (χ1n) is 6.67. The number of piperidine rings is 1. The summed E-state index contributed by atoms with van der Waals surface area (Å²) in [4.78, 5) is 24.6. The van der Waals surface area contributed by atoms with Crippen molar-refractivity contribution in [3.63, 3.8) is 0 Å². The van der Waals surface area contributed by atoms with Crippen molar-refractivity contribution in [2.75, 3.05) is 13.1 Å². The lowest BCUT2D eigenvalue weighted by Crippen LogP contribution is -2.55. The van der Waals surface area contributed by atoms with Crippen molar-refractivity contribution in [2.45, 2.75) is 51.5 Å². The number of nitrogens with zero attached hydrogens (tertiary/aromatic N) is 1. The number of carbonyl (C=O) groups is 2. The van der Waals surface area contributed by atoms with E-state index in [0.29, 0.717) is 19.5 Å². The molecule has 1 fully saturated rings. The molecule has 1 saturated heterocycles. The highest BCUT2D eigenvalue weighted by Crippen LogP contribution is 2.23. The molecule has 5 nitrogen and oxygen atoms in total. The fourth-order valence-electron chi connectivity index (χ4n) is 2.57. The van der Waals surface area contributed by atoms with Crippen LogP contribution in [0, 0.1) is 5.92 Å². The molecule has 0 bridgehead atoms. The summed E-state index contributed by atoms with van der Waals surface area (Å²) >= 11 is 0. The number of carboxylic acids is 1. The van der Waals surface area contributed by atoms with Crippen molar-refractivity contribution >= 4 is 11.9 Å². The molecule has 5 heteroatoms. The number of carbonyl (C=O) groups excluding carboxylic acids is 1. The smallest absolute Gasteiger partial charge is 0.303 e. The second-order valence-corrected chi connectivity index (χ2v) is 5.50. The minimum Gasteiger partial charge on any atom is -0.481 e. The summed E-state index contributed by atoms with van der Waals surface area (Å²) in [6.45, 7) is 5.06. The molecule has 1 aliphatic rings. The molecule has 1 unspecified atom stereocenters. The maximum absolute atomic E-state index is 12.2. The van der Waals surface area contributed by atoms with Gasteiger partial charge in [0.05, 0.1) is 5.54 Å². The fourth-order valence-corrected chi connectivity index (χ4v) is 2.57. The van der Waals surface area contributed by atoms with Gasteiger partial charge in [-0.2, -0.15) is 0 Å². The quantitative estimate of drug-likeness (QED) is 0.774. The van der Waals surface area contributed by atoms with Gasteiger partial charge >= 0.3 is 5.97 Å². The maximum Gasteiger partial charge on any atom is 0.303 e. The van der Waals surface area contributed by atoms with E-state index in [2.05, 4.69) is 0 Å². The molecular formula is C13H24N2O3. The molecule has 0 spiro atoms. The Bertz CT molecular complexity index is 307. The molecule has 18 heavy (non-hydrogen) atoms. The van der Waals surface area contributed by atoms with Gasteiger partial charge in [0.1, 0.15) is 0 Å². The van der Waals surface area contributed by atoms with Gasteiger partial charge in [-0.05, 0) is 32.1 Å². The molecule has 0 aliphatic carbocycles. The molecule has 1 amide bonds. The van der Waals surface area contributed by atoms with Crippen LogP contribution in [0.15, 0.2) is 0 Å². The fraction of sp³-hybridized carbons (Fsp3) is 0.846. The predicted molar refractivity (Wildman–Crippen MR) is 69.1 cm³/mol. The van der Waals surface area contributed by atoms with Crippen LogP contribution in [0.4, 0.5) is 0 Å². The highest BCUT2D eigenvalue weighted by molar-refractivity contribution is 5.85. The Morgan fingerprint density at radius 1 is 1.39 bits per heavy atom. The highest BCUT2D eigenvalue weighted by atomic mass is 16.4. The summed E-state index contributed by atoms with van der Waals surface area (Å²) in [5.41, 5.74) is 5.25. The zero-order valence-electron chi connectivity index (χ0n) is 11.3. The van der Waals surface area contributed by atoms with Gasteiger partial charge in [0.15, 0.2) is 0 Å². The van der Waals surface area contributed by atoms with Gasteiger partial charge < -0.3 is 15.7 Å². The molecule has 0 saturated carbocycles. The molecule has 1 heterocycles. The third-order valence-electron chi connectivity index (χ3n) is 3.62. The first-order chi connectivity index (χ1) is 8.36.